The number of aromatic hydroxyl groups is 4. The first-order chi connectivity index (χ1) is 31.4. The monoisotopic (exact) mass is 967 g/mol. The Morgan fingerprint density at radius 2 is 1.25 bits per heavy atom. The predicted molar refractivity (Wildman–Crippen MR) is 228 cm³/mol. The van der Waals surface area contributed by atoms with Gasteiger partial charge in [-0.05, 0) is 60.0 Å². The van der Waals surface area contributed by atoms with E-state index >= 15 is 0 Å². The van der Waals surface area contributed by atoms with Crippen LogP contribution in [0, 0.1) is 6.92 Å². The van der Waals surface area contributed by atoms with E-state index in [0.717, 1.165) is 60.7 Å². The number of carbonyl (C=O) groups is 2. The van der Waals surface area contributed by atoms with E-state index in [4.69, 9.17) is 15.4 Å². The second-order valence-corrected chi connectivity index (χ2v) is 16.5. The Morgan fingerprint density at radius 1 is 0.791 bits per heavy atom. The molecule has 1 aliphatic heterocycles. The Balaban J connectivity index is 0.000000367. The van der Waals surface area contributed by atoms with Crippen molar-refractivity contribution in [3.05, 3.63) is 126 Å². The minimum Gasteiger partial charge on any atom is -0.508 e. The molecule has 2 heterocycles. The van der Waals surface area contributed by atoms with Crippen molar-refractivity contribution in [2.75, 3.05) is 6.61 Å². The van der Waals surface area contributed by atoms with Crippen molar-refractivity contribution in [1.82, 2.24) is 9.55 Å². The number of azide groups is 1. The van der Waals surface area contributed by atoms with Crippen LogP contribution < -0.4 is 11.2 Å². The Labute approximate surface area is 374 Å². The molecule has 0 spiro atoms. The number of ether oxygens (including phenoxy) is 1. The molecule has 67 heavy (non-hydrogen) atoms. The number of phenolic OH excluding ortho intramolecular Hbond substituents is 4. The second-order valence-electron chi connectivity index (χ2n) is 13.8. The maximum Gasteiger partial charge on any atom is 0.338 e. The van der Waals surface area contributed by atoms with E-state index in [1.54, 1.807) is 6.92 Å². The molecule has 0 saturated carbocycles. The molecule has 5 aromatic rings. The number of aliphatic hydroxyl groups is 1. The van der Waals surface area contributed by atoms with E-state index < -0.39 is 117 Å². The molecule has 29 heteroatoms. The molecule has 350 valence electrons. The number of rotatable bonds is 13. The first-order valence-corrected chi connectivity index (χ1v) is 21.3. The number of aryl methyl sites for hydroxylation is 1. The molecule has 27 nitrogen and oxygen atoms in total. The molecular weight excluding hydrogens is 935 g/mol. The predicted octanol–water partition coefficient (Wildman–Crippen LogP) is 5.20. The normalized spacial score (nSPS) is 16.2. The zero-order valence-corrected chi connectivity index (χ0v) is 35.4. The summed E-state index contributed by atoms with van der Waals surface area (Å²) in [6.07, 6.45) is 2.43. The first kappa shape index (κ1) is 49.7. The van der Waals surface area contributed by atoms with Crippen LogP contribution in [0.3, 0.4) is 0 Å². The van der Waals surface area contributed by atoms with Gasteiger partial charge in [0.25, 0.3) is 25.8 Å². The number of nitrogens with zero attached hydrogens (tertiary/aromatic N) is 8. The maximum atomic E-state index is 12.2. The number of aliphatic hydroxyl groups excluding tert-OH is 1. The van der Waals surface area contributed by atoms with Gasteiger partial charge in [-0.3, -0.25) is 23.5 Å². The summed E-state index contributed by atoms with van der Waals surface area (Å²) in [5, 5.41) is 85.0. The fourth-order valence-electron chi connectivity index (χ4n) is 6.07. The molecule has 10 N–H and O–H groups in total. The highest BCUT2D eigenvalue weighted by Crippen LogP contribution is 2.38. The fourth-order valence-corrected chi connectivity index (χ4v) is 7.48. The number of carboxylic acids is 2. The van der Waals surface area contributed by atoms with E-state index in [-0.39, 0.29) is 35.5 Å². The van der Waals surface area contributed by atoms with Crippen molar-refractivity contribution in [1.29, 1.82) is 0 Å². The molecule has 0 radical (unpaired) electrons. The molecule has 0 aliphatic carbocycles. The van der Waals surface area contributed by atoms with Crippen LogP contribution in [0.2, 0.25) is 0 Å². The molecule has 0 unspecified atom stereocenters. The molecule has 1 saturated heterocycles. The Morgan fingerprint density at radius 3 is 1.66 bits per heavy atom. The number of azo groups is 2. The smallest absolute Gasteiger partial charge is 0.338 e. The zero-order valence-electron chi connectivity index (χ0n) is 33.7. The molecule has 1 aliphatic rings. The molecule has 0 bridgehead atoms. The van der Waals surface area contributed by atoms with Crippen LogP contribution in [-0.4, -0.2) is 102 Å². The van der Waals surface area contributed by atoms with Crippen molar-refractivity contribution in [2.24, 2.45) is 25.6 Å². The van der Waals surface area contributed by atoms with E-state index in [1.807, 2.05) is 0 Å². The van der Waals surface area contributed by atoms with Crippen LogP contribution in [0.15, 0.2) is 112 Å². The van der Waals surface area contributed by atoms with Gasteiger partial charge in [0.05, 0.1) is 41.3 Å². The largest absolute Gasteiger partial charge is 0.508 e. The van der Waals surface area contributed by atoms with Crippen molar-refractivity contribution in [2.45, 2.75) is 41.5 Å². The fraction of sp³-hybridized carbons (Fsp3) is 0.158. The van der Waals surface area contributed by atoms with Crippen LogP contribution in [0.4, 0.5) is 22.7 Å². The number of aromatic carboxylic acids is 2. The number of hydrogen-bond acceptors (Lipinski definition) is 19. The maximum absolute atomic E-state index is 12.2. The summed E-state index contributed by atoms with van der Waals surface area (Å²) >= 11 is 0. The molecule has 6 rings (SSSR count). The number of benzene rings is 4. The van der Waals surface area contributed by atoms with Crippen molar-refractivity contribution in [3.8, 4) is 23.0 Å². The lowest BCUT2D eigenvalue weighted by atomic mass is 10.1. The highest BCUT2D eigenvalue weighted by molar-refractivity contribution is 7.86. The van der Waals surface area contributed by atoms with Crippen LogP contribution >= 0.6 is 0 Å². The highest BCUT2D eigenvalue weighted by atomic mass is 32.2. The highest BCUT2D eigenvalue weighted by Gasteiger charge is 2.36. The Bertz CT molecular complexity index is 3130. The number of H-pyrrole nitrogens is 1. The van der Waals surface area contributed by atoms with Crippen LogP contribution in [0.1, 0.15) is 50.1 Å². The van der Waals surface area contributed by atoms with Gasteiger partial charge >= 0.3 is 17.6 Å². The topological polar surface area (TPSA) is 447 Å². The number of nitrogens with one attached hydrogen (secondary N) is 1. The van der Waals surface area contributed by atoms with Gasteiger partial charge in [0.1, 0.15) is 50.4 Å². The molecule has 1 aromatic heterocycles. The Hall–Kier alpha value is -8.31. The summed E-state index contributed by atoms with van der Waals surface area (Å²) in [5.41, 5.74) is 4.43. The minimum atomic E-state index is -4.98. The van der Waals surface area contributed by atoms with Crippen molar-refractivity contribution in [3.63, 3.8) is 0 Å². The number of phenols is 4. The van der Waals surface area contributed by atoms with Gasteiger partial charge in [-0.1, -0.05) is 29.4 Å². The van der Waals surface area contributed by atoms with E-state index in [9.17, 15) is 75.8 Å². The van der Waals surface area contributed by atoms with Crippen LogP contribution in [0.5, 0.6) is 23.0 Å². The zero-order chi connectivity index (χ0) is 49.5. The lowest BCUT2D eigenvalue weighted by Crippen LogP contribution is -2.33. The molecule has 4 aromatic carbocycles. The number of aromatic amines is 1. The SMILES string of the molecule is Cc1cn([C@H]2C[C@H](N=[N+]=[N-])[C@@H](CO)O2)c(=O)[nH]c1=O.O=C(O)c1cc(O)cc(O)c1N=Nc1ccc(/C=C/c2ccc(N=Nc3c(O)cc(O)cc3C(=O)O)cc2S(=O)(=O)O)c(S(=O)(=O)O)c1. The first-order valence-electron chi connectivity index (χ1n) is 18.4. The average molecular weight is 968 g/mol. The van der Waals surface area contributed by atoms with Gasteiger partial charge in [-0.25, -0.2) is 14.4 Å². The third-order valence-corrected chi connectivity index (χ3v) is 11.0. The number of carboxylic acid groups (broad SMARTS) is 2. The average Bonchev–Trinajstić information content (AvgIpc) is 3.65. The second kappa shape index (κ2) is 20.2. The molecular formula is C38H33N9O18S2. The molecule has 1 fully saturated rings. The van der Waals surface area contributed by atoms with Gasteiger partial charge < -0.3 is 40.5 Å². The van der Waals surface area contributed by atoms with Crippen LogP contribution in [0.25, 0.3) is 22.6 Å². The van der Waals surface area contributed by atoms with E-state index in [0.29, 0.717) is 5.56 Å². The van der Waals surface area contributed by atoms with Gasteiger partial charge in [0, 0.05) is 35.2 Å². The van der Waals surface area contributed by atoms with Crippen molar-refractivity contribution >= 4 is 67.1 Å². The number of hydrogen-bond donors (Lipinski definition) is 10. The summed E-state index contributed by atoms with van der Waals surface area (Å²) in [4.78, 5) is 49.2. The van der Waals surface area contributed by atoms with E-state index in [2.05, 4.69) is 35.5 Å². The van der Waals surface area contributed by atoms with Gasteiger partial charge in [0.2, 0.25) is 0 Å². The lowest BCUT2D eigenvalue weighted by molar-refractivity contribution is -0.0271. The summed E-state index contributed by atoms with van der Waals surface area (Å²) in [6, 6.07) is 8.86. The van der Waals surface area contributed by atoms with E-state index in [1.165, 1.54) is 22.9 Å². The Kier molecular flexibility index (Phi) is 15.0. The third kappa shape index (κ3) is 12.1. The van der Waals surface area contributed by atoms with Gasteiger partial charge in [0.15, 0.2) is 0 Å². The minimum absolute atomic E-state index is 0.218. The van der Waals surface area contributed by atoms with Crippen LogP contribution in [-0.2, 0) is 25.0 Å². The lowest BCUT2D eigenvalue weighted by Gasteiger charge is -2.14. The molecule has 3 atom stereocenters. The van der Waals surface area contributed by atoms with Gasteiger partial charge in [-0.2, -0.15) is 27.1 Å². The summed E-state index contributed by atoms with van der Waals surface area (Å²) < 4.78 is 75.0. The third-order valence-electron chi connectivity index (χ3n) is 9.17. The molecule has 0 amide bonds. The standard InChI is InChI=1S/C28H20N4O14S2.C10H13N5O4/c33-17-9-19(27(37)38)25(21(35)11-17)31-29-15-5-3-13(23(7-15)47(41,42)43)1-2-14-4-6-16(8-24(14)48(44,45)46)30-32-26-20(28(39)40)10-18(34)12-22(26)36;1-5-3-15(10(18)12-9(5)17)8-2-6(13-14-11)7(4-16)19-8/h1-12,33-36H,(H,37,38)(H,39,40)(H,41,42,43)(H,44,45,46);3,6-8,16H,2,4H2,1H3,(H,12,17,18)/b2-1+,31-29?,32-30?;/t;6-,7+,8+/m.0/s1. The van der Waals surface area contributed by atoms with Crippen molar-refractivity contribution < 1.29 is 76.0 Å². The quantitative estimate of drug-likeness (QED) is 0.0238. The summed E-state index contributed by atoms with van der Waals surface area (Å²) in [7, 11) is -9.95. The summed E-state index contributed by atoms with van der Waals surface area (Å²) in [6.45, 7) is 1.26. The number of aromatic nitrogens is 2. The summed E-state index contributed by atoms with van der Waals surface area (Å²) in [5.74, 6) is -5.80. The van der Waals surface area contributed by atoms with Gasteiger partial charge in [-0.15, -0.1) is 10.2 Å².